The number of hydrogen-bond donors (Lipinski definition) is 0. The number of unbranched alkanes of at least 4 members (excludes halogenated alkanes) is 4. The molecule has 4 nitrogen and oxygen atoms in total. The Bertz CT molecular complexity index is 803. The molecule has 0 saturated carbocycles. The molecule has 0 saturated heterocycles. The van der Waals surface area contributed by atoms with Crippen LogP contribution in [-0.4, -0.2) is 25.7 Å². The average molecular weight is 414 g/mol. The average Bonchev–Trinajstić information content (AvgIpc) is 2.77. The maximum Gasteiger partial charge on any atom is 0.197 e. The third-order valence-corrected chi connectivity index (χ3v) is 5.89. The lowest BCUT2D eigenvalue weighted by molar-refractivity contribution is 0.103. The van der Waals surface area contributed by atoms with E-state index in [4.69, 9.17) is 9.47 Å². The molecule has 5 heteroatoms. The van der Waals surface area contributed by atoms with Crippen molar-refractivity contribution in [1.29, 1.82) is 0 Å². The molecule has 1 unspecified atom stereocenters. The van der Waals surface area contributed by atoms with Crippen LogP contribution in [0.4, 0.5) is 0 Å². The Kier molecular flexibility index (Phi) is 9.87. The van der Waals surface area contributed by atoms with Gasteiger partial charge < -0.3 is 9.47 Å². The van der Waals surface area contributed by atoms with Crippen LogP contribution in [0, 0.1) is 0 Å². The molecule has 0 heterocycles. The lowest BCUT2D eigenvalue weighted by Crippen LogP contribution is -2.11. The molecule has 0 bridgehead atoms. The highest BCUT2D eigenvalue weighted by Gasteiger charge is 2.21. The number of carbonyl (C=O) groups excluding carboxylic acids is 1. The van der Waals surface area contributed by atoms with Crippen molar-refractivity contribution in [3.05, 3.63) is 59.2 Å². The van der Waals surface area contributed by atoms with Crippen LogP contribution in [0.1, 0.15) is 66.9 Å². The van der Waals surface area contributed by atoms with E-state index in [1.165, 1.54) is 32.8 Å². The SMILES string of the molecule is CCCCCCCC(Cc1ccccc1C(=O)c1cccc(OC)c1OC)P=O. The van der Waals surface area contributed by atoms with Gasteiger partial charge in [-0.3, -0.25) is 9.36 Å². The Morgan fingerprint density at radius 1 is 0.931 bits per heavy atom. The van der Waals surface area contributed by atoms with Crippen LogP contribution in [0.2, 0.25) is 0 Å². The van der Waals surface area contributed by atoms with E-state index < -0.39 is 0 Å². The fourth-order valence-electron chi connectivity index (χ4n) is 3.56. The van der Waals surface area contributed by atoms with Gasteiger partial charge in [0.1, 0.15) is 0 Å². The molecule has 0 N–H and O–H groups in total. The molecule has 29 heavy (non-hydrogen) atoms. The summed E-state index contributed by atoms with van der Waals surface area (Å²) in [6.45, 7) is 2.20. The second kappa shape index (κ2) is 12.4. The largest absolute Gasteiger partial charge is 0.493 e. The van der Waals surface area contributed by atoms with E-state index in [0.29, 0.717) is 29.0 Å². The van der Waals surface area contributed by atoms with Crippen molar-refractivity contribution in [2.24, 2.45) is 0 Å². The molecular formula is C24H31O4P. The second-order valence-corrected chi connectivity index (χ2v) is 8.13. The number of hydrogen-bond acceptors (Lipinski definition) is 4. The van der Waals surface area contributed by atoms with Crippen molar-refractivity contribution in [2.45, 2.75) is 57.5 Å². The number of para-hydroxylation sites is 1. The molecule has 0 aliphatic heterocycles. The maximum atomic E-state index is 13.3. The van der Waals surface area contributed by atoms with E-state index >= 15 is 0 Å². The van der Waals surface area contributed by atoms with Gasteiger partial charge in [0.2, 0.25) is 0 Å². The van der Waals surface area contributed by atoms with Crippen LogP contribution in [-0.2, 0) is 11.0 Å². The first kappa shape index (κ1) is 23.1. The molecule has 156 valence electrons. The molecule has 2 aromatic carbocycles. The van der Waals surface area contributed by atoms with Crippen molar-refractivity contribution in [3.8, 4) is 11.5 Å². The molecular weight excluding hydrogens is 383 g/mol. The molecule has 0 radical (unpaired) electrons. The van der Waals surface area contributed by atoms with Gasteiger partial charge in [0.05, 0.1) is 19.8 Å². The second-order valence-electron chi connectivity index (χ2n) is 7.19. The third kappa shape index (κ3) is 6.40. The van der Waals surface area contributed by atoms with Gasteiger partial charge in [-0.25, -0.2) is 0 Å². The lowest BCUT2D eigenvalue weighted by Gasteiger charge is -2.15. The molecule has 0 aliphatic carbocycles. The van der Waals surface area contributed by atoms with Crippen LogP contribution in [0.3, 0.4) is 0 Å². The lowest BCUT2D eigenvalue weighted by atomic mass is 9.94. The first-order chi connectivity index (χ1) is 14.2. The molecule has 0 spiro atoms. The first-order valence-corrected chi connectivity index (χ1v) is 11.2. The third-order valence-electron chi connectivity index (χ3n) is 5.16. The van der Waals surface area contributed by atoms with Crippen LogP contribution < -0.4 is 9.47 Å². The minimum Gasteiger partial charge on any atom is -0.493 e. The van der Waals surface area contributed by atoms with Crippen LogP contribution in [0.25, 0.3) is 0 Å². The van der Waals surface area contributed by atoms with Crippen molar-refractivity contribution < 1.29 is 18.8 Å². The Balaban J connectivity index is 2.20. The summed E-state index contributed by atoms with van der Waals surface area (Å²) in [6, 6.07) is 12.9. The minimum absolute atomic E-state index is 0.0257. The fraction of sp³-hybridized carbons (Fsp3) is 0.458. The van der Waals surface area contributed by atoms with E-state index in [-0.39, 0.29) is 19.9 Å². The van der Waals surface area contributed by atoms with E-state index in [2.05, 4.69) is 6.92 Å². The van der Waals surface area contributed by atoms with Gasteiger partial charge in [0.15, 0.2) is 25.7 Å². The number of rotatable bonds is 13. The van der Waals surface area contributed by atoms with Gasteiger partial charge in [0.25, 0.3) is 0 Å². The van der Waals surface area contributed by atoms with Crippen LogP contribution in [0.15, 0.2) is 42.5 Å². The fourth-order valence-corrected chi connectivity index (χ4v) is 4.12. The summed E-state index contributed by atoms with van der Waals surface area (Å²) in [5.74, 6) is 0.851. The van der Waals surface area contributed by atoms with Gasteiger partial charge in [-0.2, -0.15) is 0 Å². The normalized spacial score (nSPS) is 12.0. The summed E-state index contributed by atoms with van der Waals surface area (Å²) in [5.41, 5.74) is 2.04. The Labute approximate surface area is 175 Å². The standard InChI is InChI=1S/C24H31O4P/c1-4-5-6-7-8-13-19(29-26)17-18-12-9-10-14-20(18)23(25)21-15-11-16-22(27-2)24(21)28-3/h9-12,14-16,19H,4-8,13,17H2,1-3H3. The van der Waals surface area contributed by atoms with Gasteiger partial charge in [-0.15, -0.1) is 0 Å². The zero-order valence-electron chi connectivity index (χ0n) is 17.6. The predicted molar refractivity (Wildman–Crippen MR) is 118 cm³/mol. The molecule has 1 atom stereocenters. The van der Waals surface area contributed by atoms with Crippen molar-refractivity contribution in [3.63, 3.8) is 0 Å². The smallest absolute Gasteiger partial charge is 0.197 e. The molecule has 2 aromatic rings. The monoisotopic (exact) mass is 414 g/mol. The van der Waals surface area contributed by atoms with Crippen molar-refractivity contribution in [2.75, 3.05) is 14.2 Å². The topological polar surface area (TPSA) is 52.6 Å². The van der Waals surface area contributed by atoms with Crippen LogP contribution >= 0.6 is 8.46 Å². The summed E-state index contributed by atoms with van der Waals surface area (Å²) < 4.78 is 22.5. The molecule has 0 aliphatic rings. The zero-order valence-corrected chi connectivity index (χ0v) is 18.5. The van der Waals surface area contributed by atoms with E-state index in [0.717, 1.165) is 18.4 Å². The maximum absolute atomic E-state index is 13.3. The minimum atomic E-state index is -0.111. The van der Waals surface area contributed by atoms with Gasteiger partial charge >= 0.3 is 0 Å². The summed E-state index contributed by atoms with van der Waals surface area (Å²) in [6.07, 6.45) is 7.45. The molecule has 0 amide bonds. The van der Waals surface area contributed by atoms with Gasteiger partial charge in [0, 0.05) is 11.2 Å². The number of ether oxygens (including phenoxy) is 2. The quantitative estimate of drug-likeness (QED) is 0.213. The molecule has 0 fully saturated rings. The highest BCUT2D eigenvalue weighted by atomic mass is 31.1. The van der Waals surface area contributed by atoms with E-state index in [1.807, 2.05) is 24.3 Å². The van der Waals surface area contributed by atoms with Crippen molar-refractivity contribution in [1.82, 2.24) is 0 Å². The van der Waals surface area contributed by atoms with E-state index in [1.54, 1.807) is 25.3 Å². The van der Waals surface area contributed by atoms with Crippen LogP contribution in [0.5, 0.6) is 11.5 Å². The highest BCUT2D eigenvalue weighted by Crippen LogP contribution is 2.33. The summed E-state index contributed by atoms with van der Waals surface area (Å²) in [4.78, 5) is 13.3. The molecule has 0 aromatic heterocycles. The summed E-state index contributed by atoms with van der Waals surface area (Å²) >= 11 is 0. The number of benzene rings is 2. The van der Waals surface area contributed by atoms with Gasteiger partial charge in [-0.1, -0.05) is 69.4 Å². The highest BCUT2D eigenvalue weighted by molar-refractivity contribution is 7.24. The van der Waals surface area contributed by atoms with Gasteiger partial charge in [-0.05, 0) is 30.5 Å². The summed E-state index contributed by atoms with van der Waals surface area (Å²) in [5, 5.41) is 0. The Hall–Kier alpha value is -2.19. The first-order valence-electron chi connectivity index (χ1n) is 10.3. The van der Waals surface area contributed by atoms with Crippen molar-refractivity contribution >= 4 is 14.2 Å². The zero-order chi connectivity index (χ0) is 21.1. The molecule has 2 rings (SSSR count). The number of methoxy groups -OCH3 is 2. The number of ketones is 1. The van der Waals surface area contributed by atoms with E-state index in [9.17, 15) is 9.36 Å². The number of carbonyl (C=O) groups is 1. The Morgan fingerprint density at radius 3 is 2.34 bits per heavy atom. The predicted octanol–water partition coefficient (Wildman–Crippen LogP) is 6.50. The Morgan fingerprint density at radius 2 is 1.66 bits per heavy atom. The summed E-state index contributed by atoms with van der Waals surface area (Å²) in [7, 11) is 3.23.